The third-order valence-corrected chi connectivity index (χ3v) is 4.32. The van der Waals surface area contributed by atoms with Crippen LogP contribution in [-0.2, 0) is 16.0 Å². The van der Waals surface area contributed by atoms with Gasteiger partial charge in [0.15, 0.2) is 0 Å². The van der Waals surface area contributed by atoms with Crippen LogP contribution >= 0.6 is 0 Å². The summed E-state index contributed by atoms with van der Waals surface area (Å²) < 4.78 is 5.51. The minimum atomic E-state index is -0.581. The molecule has 8 nitrogen and oxygen atoms in total. The lowest BCUT2D eigenvalue weighted by Gasteiger charge is -2.41. The smallest absolute Gasteiger partial charge is 0.241 e. The largest absolute Gasteiger partial charge is 0.425 e. The third kappa shape index (κ3) is 4.31. The molecule has 0 aromatic carbocycles. The average molecular weight is 337 g/mol. The molecule has 1 fully saturated rings. The second-order valence-electron chi connectivity index (χ2n) is 6.78. The zero-order valence-electron chi connectivity index (χ0n) is 14.9. The van der Waals surface area contributed by atoms with Crippen molar-refractivity contribution < 1.29 is 14.0 Å². The van der Waals surface area contributed by atoms with E-state index in [4.69, 9.17) is 10.2 Å². The molecule has 0 spiro atoms. The van der Waals surface area contributed by atoms with Crippen molar-refractivity contribution in [2.24, 2.45) is 5.73 Å². The SMILES string of the molecule is CC(C)c1nnc(CCC(=O)N2CCN(C(C)C)CC2C(N)=O)o1. The Balaban J connectivity index is 1.95. The van der Waals surface area contributed by atoms with E-state index in [-0.39, 0.29) is 18.2 Å². The zero-order chi connectivity index (χ0) is 17.9. The highest BCUT2D eigenvalue weighted by Gasteiger charge is 2.34. The summed E-state index contributed by atoms with van der Waals surface area (Å²) in [6.07, 6.45) is 0.597. The highest BCUT2D eigenvalue weighted by atomic mass is 16.4. The molecular weight excluding hydrogens is 310 g/mol. The number of amides is 2. The van der Waals surface area contributed by atoms with Gasteiger partial charge in [-0.1, -0.05) is 13.8 Å². The van der Waals surface area contributed by atoms with Gasteiger partial charge in [-0.15, -0.1) is 10.2 Å². The van der Waals surface area contributed by atoms with Crippen molar-refractivity contribution in [2.75, 3.05) is 19.6 Å². The first-order valence-corrected chi connectivity index (χ1v) is 8.44. The van der Waals surface area contributed by atoms with Crippen LogP contribution < -0.4 is 5.73 Å². The number of hydrogen-bond donors (Lipinski definition) is 1. The van der Waals surface area contributed by atoms with Crippen molar-refractivity contribution in [1.29, 1.82) is 0 Å². The lowest BCUT2D eigenvalue weighted by Crippen LogP contribution is -2.61. The van der Waals surface area contributed by atoms with Gasteiger partial charge >= 0.3 is 0 Å². The molecule has 0 bridgehead atoms. The lowest BCUT2D eigenvalue weighted by atomic mass is 10.1. The predicted molar refractivity (Wildman–Crippen MR) is 88.1 cm³/mol. The summed E-state index contributed by atoms with van der Waals surface area (Å²) in [5.74, 6) is 0.604. The van der Waals surface area contributed by atoms with Crippen LogP contribution in [0.4, 0.5) is 0 Å². The maximum absolute atomic E-state index is 12.5. The second kappa shape index (κ2) is 7.74. The normalized spacial score (nSPS) is 19.2. The molecule has 1 aromatic rings. The minimum Gasteiger partial charge on any atom is -0.425 e. The molecule has 1 aromatic heterocycles. The Kier molecular flexibility index (Phi) is 5.93. The van der Waals surface area contributed by atoms with Crippen molar-refractivity contribution in [1.82, 2.24) is 20.0 Å². The first-order chi connectivity index (χ1) is 11.3. The summed E-state index contributed by atoms with van der Waals surface area (Å²) in [6, 6.07) is -0.264. The van der Waals surface area contributed by atoms with Crippen molar-refractivity contribution in [3.8, 4) is 0 Å². The fourth-order valence-corrected chi connectivity index (χ4v) is 2.77. The van der Waals surface area contributed by atoms with Crippen LogP contribution in [0.3, 0.4) is 0 Å². The maximum Gasteiger partial charge on any atom is 0.241 e. The van der Waals surface area contributed by atoms with E-state index in [1.54, 1.807) is 4.90 Å². The van der Waals surface area contributed by atoms with Gasteiger partial charge in [-0.3, -0.25) is 14.5 Å². The summed E-state index contributed by atoms with van der Waals surface area (Å²) in [5, 5.41) is 7.91. The van der Waals surface area contributed by atoms with E-state index in [0.29, 0.717) is 37.3 Å². The third-order valence-electron chi connectivity index (χ3n) is 4.32. The predicted octanol–water partition coefficient (Wildman–Crippen LogP) is 0.532. The summed E-state index contributed by atoms with van der Waals surface area (Å²) >= 11 is 0. The molecule has 0 aliphatic carbocycles. The zero-order valence-corrected chi connectivity index (χ0v) is 14.9. The molecule has 2 N–H and O–H groups in total. The van der Waals surface area contributed by atoms with Crippen molar-refractivity contribution in [3.05, 3.63) is 11.8 Å². The molecular formula is C16H27N5O3. The molecule has 2 heterocycles. The van der Waals surface area contributed by atoms with E-state index >= 15 is 0 Å². The van der Waals surface area contributed by atoms with Gasteiger partial charge in [0.05, 0.1) is 0 Å². The number of rotatable bonds is 6. The summed E-state index contributed by atoms with van der Waals surface area (Å²) in [4.78, 5) is 28.0. The van der Waals surface area contributed by atoms with Gasteiger partial charge < -0.3 is 15.1 Å². The van der Waals surface area contributed by atoms with E-state index in [9.17, 15) is 9.59 Å². The number of carbonyl (C=O) groups is 2. The average Bonchev–Trinajstić information content (AvgIpc) is 3.01. The Morgan fingerprint density at radius 2 is 1.96 bits per heavy atom. The Bertz CT molecular complexity index is 584. The van der Waals surface area contributed by atoms with Gasteiger partial charge in [-0.25, -0.2) is 0 Å². The molecule has 24 heavy (non-hydrogen) atoms. The number of aryl methyl sites for hydroxylation is 1. The van der Waals surface area contributed by atoms with Crippen LogP contribution in [0.15, 0.2) is 4.42 Å². The molecule has 134 valence electrons. The summed E-state index contributed by atoms with van der Waals surface area (Å²) in [5.41, 5.74) is 5.50. The molecule has 1 aliphatic heterocycles. The number of hydrogen-bond acceptors (Lipinski definition) is 6. The van der Waals surface area contributed by atoms with E-state index in [1.165, 1.54) is 0 Å². The fraction of sp³-hybridized carbons (Fsp3) is 0.750. The van der Waals surface area contributed by atoms with E-state index in [1.807, 2.05) is 13.8 Å². The first kappa shape index (κ1) is 18.4. The van der Waals surface area contributed by atoms with Crippen LogP contribution in [0.25, 0.3) is 0 Å². The number of nitrogens with zero attached hydrogens (tertiary/aromatic N) is 4. The van der Waals surface area contributed by atoms with Crippen molar-refractivity contribution in [3.63, 3.8) is 0 Å². The van der Waals surface area contributed by atoms with Gasteiger partial charge in [0.1, 0.15) is 6.04 Å². The van der Waals surface area contributed by atoms with E-state index in [0.717, 1.165) is 6.54 Å². The molecule has 0 saturated carbocycles. The topological polar surface area (TPSA) is 106 Å². The number of carbonyl (C=O) groups excluding carboxylic acids is 2. The number of nitrogens with two attached hydrogens (primary N) is 1. The van der Waals surface area contributed by atoms with Crippen molar-refractivity contribution >= 4 is 11.8 Å². The van der Waals surface area contributed by atoms with Crippen LogP contribution in [0, 0.1) is 0 Å². The quantitative estimate of drug-likeness (QED) is 0.812. The summed E-state index contributed by atoms with van der Waals surface area (Å²) in [7, 11) is 0. The van der Waals surface area contributed by atoms with E-state index in [2.05, 4.69) is 28.9 Å². The van der Waals surface area contributed by atoms with Gasteiger partial charge in [0.2, 0.25) is 23.6 Å². The molecule has 1 saturated heterocycles. The fourth-order valence-electron chi connectivity index (χ4n) is 2.77. The Labute approximate surface area is 142 Å². The van der Waals surface area contributed by atoms with E-state index < -0.39 is 11.9 Å². The highest BCUT2D eigenvalue weighted by molar-refractivity contribution is 5.87. The molecule has 1 aliphatic rings. The Morgan fingerprint density at radius 3 is 2.50 bits per heavy atom. The maximum atomic E-state index is 12.5. The van der Waals surface area contributed by atoms with Crippen LogP contribution in [0.1, 0.15) is 51.8 Å². The van der Waals surface area contributed by atoms with Gasteiger partial charge in [-0.05, 0) is 13.8 Å². The van der Waals surface area contributed by atoms with Crippen LogP contribution in [0.2, 0.25) is 0 Å². The van der Waals surface area contributed by atoms with Gasteiger partial charge in [0.25, 0.3) is 0 Å². The van der Waals surface area contributed by atoms with Gasteiger partial charge in [-0.2, -0.15) is 0 Å². The molecule has 2 rings (SSSR count). The first-order valence-electron chi connectivity index (χ1n) is 8.44. The van der Waals surface area contributed by atoms with Crippen LogP contribution in [-0.4, -0.2) is 63.5 Å². The molecule has 1 atom stereocenters. The van der Waals surface area contributed by atoms with Crippen LogP contribution in [0.5, 0.6) is 0 Å². The lowest BCUT2D eigenvalue weighted by molar-refractivity contribution is -0.143. The highest BCUT2D eigenvalue weighted by Crippen LogP contribution is 2.16. The molecule has 0 radical (unpaired) electrons. The Hall–Kier alpha value is -1.96. The monoisotopic (exact) mass is 337 g/mol. The number of primary amides is 1. The Morgan fingerprint density at radius 1 is 1.25 bits per heavy atom. The molecule has 8 heteroatoms. The van der Waals surface area contributed by atoms with Gasteiger partial charge in [0, 0.05) is 44.4 Å². The second-order valence-corrected chi connectivity index (χ2v) is 6.78. The standard InChI is InChI=1S/C16H27N5O3/c1-10(2)16-19-18-13(24-16)5-6-14(22)21-8-7-20(11(3)4)9-12(21)15(17)23/h10-12H,5-9H2,1-4H3,(H2,17,23). The molecule has 1 unspecified atom stereocenters. The van der Waals surface area contributed by atoms with Crippen molar-refractivity contribution in [2.45, 2.75) is 58.5 Å². The number of piperazine rings is 1. The minimum absolute atomic E-state index is 0.105. The summed E-state index contributed by atoms with van der Waals surface area (Å²) in [6.45, 7) is 9.80. The molecule has 2 amide bonds. The number of aromatic nitrogens is 2.